The summed E-state index contributed by atoms with van der Waals surface area (Å²) in [5.41, 5.74) is 0. The number of rotatable bonds is 7. The van der Waals surface area contributed by atoms with Crippen molar-refractivity contribution in [1.82, 2.24) is 0 Å². The van der Waals surface area contributed by atoms with Crippen LogP contribution in [0.15, 0.2) is 0 Å². The van der Waals surface area contributed by atoms with Crippen molar-refractivity contribution in [1.29, 1.82) is 0 Å². The molecule has 0 aliphatic heterocycles. The van der Waals surface area contributed by atoms with Crippen LogP contribution in [-0.2, 0) is 0 Å². The Morgan fingerprint density at radius 3 is 1.62 bits per heavy atom. The molecule has 3 heteroatoms. The summed E-state index contributed by atoms with van der Waals surface area (Å²) in [6.07, 6.45) is 5.15. The second-order valence-corrected chi connectivity index (χ2v) is 4.13. The van der Waals surface area contributed by atoms with E-state index in [1.807, 2.05) is 0 Å². The Morgan fingerprint density at radius 1 is 1.00 bits per heavy atom. The lowest BCUT2D eigenvalue weighted by Crippen LogP contribution is -3.00. The summed E-state index contributed by atoms with van der Waals surface area (Å²) in [5, 5.41) is 0. The minimum atomic E-state index is 0. The molecular weight excluding hydrogens is 205 g/mol. The van der Waals surface area contributed by atoms with Gasteiger partial charge in [-0.25, -0.2) is 0 Å². The van der Waals surface area contributed by atoms with Crippen LogP contribution in [0.5, 0.6) is 0 Å². The molecule has 0 saturated carbocycles. The van der Waals surface area contributed by atoms with Gasteiger partial charge in [0.15, 0.2) is 6.00 Å². The number of hydrogen-bond donors (Lipinski definition) is 0. The molecule has 0 rings (SSSR count). The minimum Gasteiger partial charge on any atom is -1.00 e. The lowest BCUT2D eigenvalue weighted by molar-refractivity contribution is -0.899. The second kappa shape index (κ2) is 9.11. The maximum atomic E-state index is 5.95. The van der Waals surface area contributed by atoms with Crippen LogP contribution in [0.2, 0.25) is 0 Å². The second-order valence-electron chi connectivity index (χ2n) is 3.89. The predicted octanol–water partition coefficient (Wildman–Crippen LogP) is 0.234. The van der Waals surface area contributed by atoms with Crippen molar-refractivity contribution in [3.63, 3.8) is 0 Å². The summed E-state index contributed by atoms with van der Waals surface area (Å²) >= 11 is 5.95. The van der Waals surface area contributed by atoms with E-state index in [4.69, 9.17) is 11.6 Å². The van der Waals surface area contributed by atoms with Crippen molar-refractivity contribution >= 4 is 11.6 Å². The lowest BCUT2D eigenvalue weighted by atomic mass is 10.2. The van der Waals surface area contributed by atoms with Gasteiger partial charge in [0.05, 0.1) is 20.1 Å². The van der Waals surface area contributed by atoms with Crippen LogP contribution in [0, 0.1) is 0 Å². The van der Waals surface area contributed by atoms with Gasteiger partial charge in [-0.05, 0) is 12.8 Å². The molecule has 0 bridgehead atoms. The van der Waals surface area contributed by atoms with Crippen molar-refractivity contribution in [3.8, 4) is 0 Å². The van der Waals surface area contributed by atoms with Crippen molar-refractivity contribution in [2.45, 2.75) is 39.5 Å². The van der Waals surface area contributed by atoms with Crippen molar-refractivity contribution in [3.05, 3.63) is 0 Å². The van der Waals surface area contributed by atoms with E-state index in [0.29, 0.717) is 0 Å². The van der Waals surface area contributed by atoms with E-state index in [9.17, 15) is 0 Å². The van der Waals surface area contributed by atoms with E-state index in [0.717, 1.165) is 10.5 Å². The Balaban J connectivity index is 0. The Morgan fingerprint density at radius 2 is 1.38 bits per heavy atom. The average Bonchev–Trinajstić information content (AvgIpc) is 2.11. The summed E-state index contributed by atoms with van der Waals surface area (Å²) in [6.45, 7) is 6.94. The highest BCUT2D eigenvalue weighted by atomic mass is 35.5. The maximum Gasteiger partial charge on any atom is 0.154 e. The van der Waals surface area contributed by atoms with Gasteiger partial charge >= 0.3 is 0 Å². The number of unbranched alkanes of at least 4 members (excludes halogenated alkanes) is 2. The third-order valence-electron chi connectivity index (χ3n) is 2.39. The monoisotopic (exact) mass is 227 g/mol. The summed E-state index contributed by atoms with van der Waals surface area (Å²) in [5.74, 6) is 0. The molecule has 0 atom stereocenters. The van der Waals surface area contributed by atoms with E-state index in [2.05, 4.69) is 20.9 Å². The Bertz CT molecular complexity index is 99.1. The number of halogens is 2. The molecule has 0 heterocycles. The summed E-state index contributed by atoms with van der Waals surface area (Å²) < 4.78 is 1.04. The van der Waals surface area contributed by atoms with Crippen LogP contribution < -0.4 is 12.4 Å². The van der Waals surface area contributed by atoms with Crippen molar-refractivity contribution in [2.75, 3.05) is 26.1 Å². The molecule has 1 nitrogen and oxygen atoms in total. The first-order valence-electron chi connectivity index (χ1n) is 5.08. The SMILES string of the molecule is CCCC[N+](C)(CCl)CCCC.[Cl-]. The van der Waals surface area contributed by atoms with Gasteiger partial charge in [0.2, 0.25) is 0 Å². The van der Waals surface area contributed by atoms with Crippen molar-refractivity contribution < 1.29 is 16.9 Å². The molecule has 13 heavy (non-hydrogen) atoms. The number of quaternary nitrogens is 1. The minimum absolute atomic E-state index is 0. The summed E-state index contributed by atoms with van der Waals surface area (Å²) in [4.78, 5) is 0. The van der Waals surface area contributed by atoms with Crippen molar-refractivity contribution in [2.24, 2.45) is 0 Å². The fraction of sp³-hybridized carbons (Fsp3) is 1.00. The molecule has 0 spiro atoms. The molecule has 0 fully saturated rings. The van der Waals surface area contributed by atoms with Gasteiger partial charge in [0.25, 0.3) is 0 Å². The third kappa shape index (κ3) is 7.60. The van der Waals surface area contributed by atoms with Crippen LogP contribution >= 0.6 is 11.6 Å². The number of hydrogen-bond acceptors (Lipinski definition) is 0. The van der Waals surface area contributed by atoms with E-state index in [-0.39, 0.29) is 12.4 Å². The Labute approximate surface area is 94.4 Å². The fourth-order valence-corrected chi connectivity index (χ4v) is 1.55. The lowest BCUT2D eigenvalue weighted by Gasteiger charge is -2.32. The summed E-state index contributed by atoms with van der Waals surface area (Å²) in [6, 6.07) is 0.764. The molecule has 0 aliphatic carbocycles. The van der Waals surface area contributed by atoms with Gasteiger partial charge in [-0.2, -0.15) is 0 Å². The topological polar surface area (TPSA) is 0 Å². The maximum absolute atomic E-state index is 5.95. The highest BCUT2D eigenvalue weighted by Gasteiger charge is 2.17. The first kappa shape index (κ1) is 16.0. The molecule has 0 aromatic carbocycles. The fourth-order valence-electron chi connectivity index (χ4n) is 1.31. The molecule has 0 N–H and O–H groups in total. The van der Waals surface area contributed by atoms with Crippen LogP contribution in [0.1, 0.15) is 39.5 Å². The molecule has 82 valence electrons. The molecule has 0 aliphatic rings. The zero-order valence-corrected chi connectivity index (χ0v) is 10.7. The summed E-state index contributed by atoms with van der Waals surface area (Å²) in [7, 11) is 2.26. The first-order chi connectivity index (χ1) is 5.68. The zero-order valence-electron chi connectivity index (χ0n) is 9.15. The van der Waals surface area contributed by atoms with E-state index < -0.39 is 0 Å². The molecule has 0 saturated heterocycles. The standard InChI is InChI=1S/C10H23ClN.ClH/c1-4-6-8-12(3,10-11)9-7-5-2;/h4-10H2,1-3H3;1H/q+1;/p-1. The Kier molecular flexibility index (Phi) is 11.2. The van der Waals surface area contributed by atoms with E-state index >= 15 is 0 Å². The van der Waals surface area contributed by atoms with Crippen LogP contribution in [0.25, 0.3) is 0 Å². The first-order valence-corrected chi connectivity index (χ1v) is 5.61. The average molecular weight is 228 g/mol. The largest absolute Gasteiger partial charge is 1.00 e. The van der Waals surface area contributed by atoms with Gasteiger partial charge in [-0.3, -0.25) is 0 Å². The van der Waals surface area contributed by atoms with Gasteiger partial charge < -0.3 is 16.9 Å². The molecular formula is C10H23Cl2N. The highest BCUT2D eigenvalue weighted by molar-refractivity contribution is 6.16. The van der Waals surface area contributed by atoms with Crippen LogP contribution in [-0.4, -0.2) is 30.6 Å². The number of alkyl halides is 1. The number of nitrogens with zero attached hydrogens (tertiary/aromatic N) is 1. The zero-order chi connectivity index (χ0) is 9.45. The van der Waals surface area contributed by atoms with Gasteiger partial charge in [0, 0.05) is 0 Å². The van der Waals surface area contributed by atoms with Gasteiger partial charge in [-0.15, -0.1) is 0 Å². The predicted molar refractivity (Wildman–Crippen MR) is 56.5 cm³/mol. The van der Waals surface area contributed by atoms with Crippen LogP contribution in [0.3, 0.4) is 0 Å². The van der Waals surface area contributed by atoms with Gasteiger partial charge in [-0.1, -0.05) is 38.3 Å². The molecule has 0 amide bonds. The van der Waals surface area contributed by atoms with Gasteiger partial charge in [0.1, 0.15) is 0 Å². The van der Waals surface area contributed by atoms with Crippen LogP contribution in [0.4, 0.5) is 0 Å². The van der Waals surface area contributed by atoms with E-state index in [1.165, 1.54) is 38.8 Å². The quantitative estimate of drug-likeness (QED) is 0.332. The third-order valence-corrected chi connectivity index (χ3v) is 2.97. The normalized spacial score (nSPS) is 11.1. The van der Waals surface area contributed by atoms with E-state index in [1.54, 1.807) is 0 Å². The Hall–Kier alpha value is 0.540. The smallest absolute Gasteiger partial charge is 0.154 e. The highest BCUT2D eigenvalue weighted by Crippen LogP contribution is 2.09. The molecule has 0 aromatic heterocycles. The molecule has 0 radical (unpaired) electrons. The molecule has 0 aromatic rings. The molecule has 0 unspecified atom stereocenters.